The second-order valence-electron chi connectivity index (χ2n) is 11.0. The van der Waals surface area contributed by atoms with Crippen molar-refractivity contribution in [2.45, 2.75) is 64.0 Å². The molecule has 0 saturated heterocycles. The number of nitrogens with zero attached hydrogens (tertiary/aromatic N) is 5. The normalized spacial score (nSPS) is 17.4. The van der Waals surface area contributed by atoms with E-state index < -0.39 is 5.41 Å². The summed E-state index contributed by atoms with van der Waals surface area (Å²) in [5.41, 5.74) is 5.25. The quantitative estimate of drug-likeness (QED) is 0.413. The molecule has 0 amide bonds. The molecular weight excluding hydrogens is 462 g/mol. The van der Waals surface area contributed by atoms with Crippen LogP contribution in [0.5, 0.6) is 0 Å². The first-order valence-electron chi connectivity index (χ1n) is 12.9. The Hall–Kier alpha value is -3.96. The Bertz CT molecular complexity index is 1630. The van der Waals surface area contributed by atoms with E-state index in [1.165, 1.54) is 11.1 Å². The summed E-state index contributed by atoms with van der Waals surface area (Å²) in [6.07, 6.45) is 4.29. The van der Waals surface area contributed by atoms with Crippen LogP contribution in [0.4, 0.5) is 11.6 Å². The average molecular weight is 494 g/mol. The van der Waals surface area contributed by atoms with Crippen molar-refractivity contribution in [1.29, 1.82) is 5.26 Å². The lowest BCUT2D eigenvalue weighted by Crippen LogP contribution is -2.42. The molecule has 0 spiro atoms. The van der Waals surface area contributed by atoms with Gasteiger partial charge in [-0.3, -0.25) is 4.79 Å². The van der Waals surface area contributed by atoms with Crippen LogP contribution in [0.15, 0.2) is 53.5 Å². The highest BCUT2D eigenvalue weighted by Gasteiger charge is 2.45. The van der Waals surface area contributed by atoms with Crippen LogP contribution < -0.4 is 16.2 Å². The Labute approximate surface area is 216 Å². The van der Waals surface area contributed by atoms with Crippen LogP contribution in [0, 0.1) is 11.3 Å². The highest BCUT2D eigenvalue weighted by Crippen LogP contribution is 2.47. The summed E-state index contributed by atoms with van der Waals surface area (Å²) in [5.74, 6) is 0.433. The molecule has 6 rings (SSSR count). The van der Waals surface area contributed by atoms with Gasteiger partial charge in [-0.25, -0.2) is 14.3 Å². The second kappa shape index (κ2) is 8.29. The fraction of sp³-hybridized carbons (Fsp3) is 0.379. The lowest BCUT2D eigenvalue weighted by Gasteiger charge is -2.34. The van der Waals surface area contributed by atoms with E-state index >= 15 is 0 Å². The van der Waals surface area contributed by atoms with Crippen molar-refractivity contribution in [2.24, 2.45) is 0 Å². The Balaban J connectivity index is 1.45. The molecule has 0 unspecified atom stereocenters. The molecule has 0 bridgehead atoms. The Morgan fingerprint density at radius 3 is 2.70 bits per heavy atom. The Morgan fingerprint density at radius 2 is 1.97 bits per heavy atom. The summed E-state index contributed by atoms with van der Waals surface area (Å²) in [4.78, 5) is 22.7. The average Bonchev–Trinajstić information content (AvgIpc) is 3.62. The molecule has 2 aromatic heterocycles. The van der Waals surface area contributed by atoms with E-state index in [2.05, 4.69) is 47.7 Å². The van der Waals surface area contributed by atoms with E-state index in [1.54, 1.807) is 10.9 Å². The number of aromatic nitrogens is 4. The predicted octanol–water partition coefficient (Wildman–Crippen LogP) is 4.84. The van der Waals surface area contributed by atoms with Crippen molar-refractivity contribution in [3.05, 3.63) is 75.7 Å². The fourth-order valence-corrected chi connectivity index (χ4v) is 5.52. The van der Waals surface area contributed by atoms with Gasteiger partial charge in [-0.15, -0.1) is 0 Å². The molecule has 1 fully saturated rings. The molecule has 0 atom stereocenters. The largest absolute Gasteiger partial charge is 0.324 e. The number of nitriles is 1. The molecule has 2 aliphatic rings. The standard InChI is InChI=1S/C29H31N7O/c1-18(2)35-26(37)23-16-31-27(33-21-8-9-24-19(14-21)10-13-32-28(24,3)4)34-25(23)36(35)22-7-5-6-20(15-22)29(17-30)11-12-29/h5-9,14-16,18,32H,10-13H2,1-4H3,(H,31,33,34). The van der Waals surface area contributed by atoms with Gasteiger partial charge in [0, 0.05) is 23.5 Å². The van der Waals surface area contributed by atoms with E-state index in [0.29, 0.717) is 17.0 Å². The third-order valence-corrected chi connectivity index (χ3v) is 7.72. The van der Waals surface area contributed by atoms with Crippen LogP contribution in [0.1, 0.15) is 63.3 Å². The molecule has 8 heteroatoms. The van der Waals surface area contributed by atoms with E-state index in [4.69, 9.17) is 4.98 Å². The number of nitrogens with one attached hydrogen (secondary N) is 2. The number of rotatable bonds is 5. The van der Waals surface area contributed by atoms with Crippen molar-refractivity contribution in [1.82, 2.24) is 24.6 Å². The zero-order valence-electron chi connectivity index (χ0n) is 21.7. The van der Waals surface area contributed by atoms with Gasteiger partial charge in [0.2, 0.25) is 5.95 Å². The van der Waals surface area contributed by atoms with Crippen molar-refractivity contribution in [3.63, 3.8) is 0 Å². The minimum atomic E-state index is -0.417. The zero-order valence-corrected chi connectivity index (χ0v) is 21.7. The van der Waals surface area contributed by atoms with Crippen molar-refractivity contribution in [3.8, 4) is 11.8 Å². The SMILES string of the molecule is CC(C)n1c(=O)c2cnc(Nc3ccc4c(c3)CCNC4(C)C)nc2n1-c1cccc(C2(C#N)CC2)c1. The van der Waals surface area contributed by atoms with Crippen molar-refractivity contribution < 1.29 is 0 Å². The topological polar surface area (TPSA) is 101 Å². The summed E-state index contributed by atoms with van der Waals surface area (Å²) < 4.78 is 3.58. The molecule has 0 radical (unpaired) electrons. The predicted molar refractivity (Wildman–Crippen MR) is 144 cm³/mol. The summed E-state index contributed by atoms with van der Waals surface area (Å²) in [7, 11) is 0. The molecule has 188 valence electrons. The maximum absolute atomic E-state index is 13.4. The van der Waals surface area contributed by atoms with Crippen LogP contribution in [0.3, 0.4) is 0 Å². The number of hydrogen-bond acceptors (Lipinski definition) is 6. The minimum Gasteiger partial charge on any atom is -0.324 e. The summed E-state index contributed by atoms with van der Waals surface area (Å²) in [5, 5.41) is 17.1. The molecule has 4 aromatic rings. The van der Waals surface area contributed by atoms with Gasteiger partial charge in [-0.1, -0.05) is 18.2 Å². The molecule has 1 aliphatic heterocycles. The molecule has 8 nitrogen and oxygen atoms in total. The van der Waals surface area contributed by atoms with E-state index in [-0.39, 0.29) is 17.1 Å². The summed E-state index contributed by atoms with van der Waals surface area (Å²) in [6, 6.07) is 16.7. The molecular formula is C29H31N7O. The molecule has 2 aromatic carbocycles. The fourth-order valence-electron chi connectivity index (χ4n) is 5.52. The van der Waals surface area contributed by atoms with Gasteiger partial charge in [0.15, 0.2) is 5.65 Å². The van der Waals surface area contributed by atoms with Crippen molar-refractivity contribution >= 4 is 22.7 Å². The molecule has 1 saturated carbocycles. The lowest BCUT2D eigenvalue weighted by molar-refractivity contribution is 0.382. The third kappa shape index (κ3) is 3.82. The van der Waals surface area contributed by atoms with Gasteiger partial charge in [-0.05, 0) is 94.5 Å². The van der Waals surface area contributed by atoms with E-state index in [9.17, 15) is 10.1 Å². The van der Waals surface area contributed by atoms with Gasteiger partial charge >= 0.3 is 0 Å². The first-order valence-corrected chi connectivity index (χ1v) is 12.9. The van der Waals surface area contributed by atoms with Gasteiger partial charge in [0.25, 0.3) is 5.56 Å². The smallest absolute Gasteiger partial charge is 0.278 e. The number of fused-ring (bicyclic) bond motifs is 2. The van der Waals surface area contributed by atoms with E-state index in [0.717, 1.165) is 42.7 Å². The summed E-state index contributed by atoms with van der Waals surface area (Å²) >= 11 is 0. The van der Waals surface area contributed by atoms with Crippen molar-refractivity contribution in [2.75, 3.05) is 11.9 Å². The van der Waals surface area contributed by atoms with Gasteiger partial charge < -0.3 is 10.6 Å². The van der Waals surface area contributed by atoms with Gasteiger partial charge in [-0.2, -0.15) is 10.2 Å². The Kier molecular flexibility index (Phi) is 5.25. The van der Waals surface area contributed by atoms with Gasteiger partial charge in [0.05, 0.1) is 17.2 Å². The number of hydrogen-bond donors (Lipinski definition) is 2. The maximum atomic E-state index is 13.4. The lowest BCUT2D eigenvalue weighted by atomic mass is 9.85. The first-order chi connectivity index (χ1) is 17.7. The third-order valence-electron chi connectivity index (χ3n) is 7.72. The number of benzene rings is 2. The highest BCUT2D eigenvalue weighted by atomic mass is 16.1. The first kappa shape index (κ1) is 23.4. The van der Waals surface area contributed by atoms with Gasteiger partial charge in [0.1, 0.15) is 5.39 Å². The van der Waals surface area contributed by atoms with Crippen LogP contribution in [-0.4, -0.2) is 25.9 Å². The molecule has 1 aliphatic carbocycles. The number of anilines is 2. The van der Waals surface area contributed by atoms with Crippen LogP contribution in [-0.2, 0) is 17.4 Å². The second-order valence-corrected chi connectivity index (χ2v) is 11.0. The molecule has 2 N–H and O–H groups in total. The Morgan fingerprint density at radius 1 is 1.16 bits per heavy atom. The monoisotopic (exact) mass is 493 g/mol. The van der Waals surface area contributed by atoms with Crippen LogP contribution >= 0.6 is 0 Å². The molecule has 37 heavy (non-hydrogen) atoms. The highest BCUT2D eigenvalue weighted by molar-refractivity contribution is 5.77. The summed E-state index contributed by atoms with van der Waals surface area (Å²) in [6.45, 7) is 9.30. The van der Waals surface area contributed by atoms with E-state index in [1.807, 2.05) is 48.9 Å². The van der Waals surface area contributed by atoms with Crippen LogP contribution in [0.25, 0.3) is 16.7 Å². The maximum Gasteiger partial charge on any atom is 0.278 e. The molecule has 3 heterocycles. The zero-order chi connectivity index (χ0) is 25.9. The van der Waals surface area contributed by atoms with Crippen LogP contribution in [0.2, 0.25) is 0 Å². The minimum absolute atomic E-state index is 0.0590.